The minimum Gasteiger partial charge on any atom is -0.406 e. The average Bonchev–Trinajstić information content (AvgIpc) is 2.98. The molecule has 1 aliphatic carbocycles. The van der Waals surface area contributed by atoms with Crippen molar-refractivity contribution in [3.63, 3.8) is 0 Å². The summed E-state index contributed by atoms with van der Waals surface area (Å²) in [6, 6.07) is 3.58. The summed E-state index contributed by atoms with van der Waals surface area (Å²) in [4.78, 5) is 14.8. The zero-order chi connectivity index (χ0) is 19.8. The van der Waals surface area contributed by atoms with Gasteiger partial charge in [-0.2, -0.15) is 0 Å². The fourth-order valence-electron chi connectivity index (χ4n) is 4.17. The number of amides is 1. The fourth-order valence-corrected chi connectivity index (χ4v) is 4.17. The van der Waals surface area contributed by atoms with E-state index in [9.17, 15) is 18.0 Å². The lowest BCUT2D eigenvalue weighted by atomic mass is 9.92. The number of fused-ring (bicyclic) bond motifs is 1. The van der Waals surface area contributed by atoms with Gasteiger partial charge in [0.05, 0.1) is 0 Å². The van der Waals surface area contributed by atoms with Gasteiger partial charge in [0.15, 0.2) is 0 Å². The van der Waals surface area contributed by atoms with Crippen molar-refractivity contribution in [2.45, 2.75) is 44.1 Å². The molecule has 4 N–H and O–H groups in total. The molecule has 0 aromatic heterocycles. The van der Waals surface area contributed by atoms with E-state index in [1.165, 1.54) is 6.07 Å². The van der Waals surface area contributed by atoms with Crippen LogP contribution in [0.2, 0.25) is 0 Å². The Labute approximate surface area is 155 Å². The van der Waals surface area contributed by atoms with Crippen molar-refractivity contribution in [1.29, 1.82) is 5.41 Å². The molecule has 0 bridgehead atoms. The zero-order valence-corrected chi connectivity index (χ0v) is 15.0. The Kier molecular flexibility index (Phi) is 5.32. The lowest BCUT2D eigenvalue weighted by Crippen LogP contribution is -2.41. The molecule has 27 heavy (non-hydrogen) atoms. The highest BCUT2D eigenvalue weighted by Crippen LogP contribution is 2.36. The normalized spacial score (nSPS) is 25.7. The summed E-state index contributed by atoms with van der Waals surface area (Å²) in [5, 5.41) is 10.9. The van der Waals surface area contributed by atoms with Crippen LogP contribution in [0.4, 0.5) is 18.9 Å². The monoisotopic (exact) mass is 384 g/mol. The second-order valence-corrected chi connectivity index (χ2v) is 7.26. The molecule has 1 heterocycles. The number of alkyl halides is 3. The van der Waals surface area contributed by atoms with Gasteiger partial charge in [0, 0.05) is 23.3 Å². The lowest BCUT2D eigenvalue weighted by Gasteiger charge is -2.34. The molecule has 1 saturated carbocycles. The van der Waals surface area contributed by atoms with Gasteiger partial charge in [0.2, 0.25) is 0 Å². The number of hydrogen-bond acceptors (Lipinski definition) is 5. The van der Waals surface area contributed by atoms with Crippen LogP contribution >= 0.6 is 0 Å². The number of rotatable bonds is 4. The molecule has 2 fully saturated rings. The van der Waals surface area contributed by atoms with Gasteiger partial charge >= 0.3 is 6.36 Å². The van der Waals surface area contributed by atoms with E-state index >= 15 is 0 Å². The molecule has 1 amide bonds. The third-order valence-electron chi connectivity index (χ3n) is 5.40. The van der Waals surface area contributed by atoms with E-state index in [0.29, 0.717) is 12.0 Å². The minimum absolute atomic E-state index is 0.0458. The Morgan fingerprint density at radius 1 is 1.37 bits per heavy atom. The van der Waals surface area contributed by atoms with Gasteiger partial charge in [0.25, 0.3) is 5.91 Å². The van der Waals surface area contributed by atoms with Crippen LogP contribution in [0.1, 0.15) is 31.2 Å². The molecule has 3 atom stereocenters. The number of halogens is 3. The molecule has 3 unspecified atom stereocenters. The highest BCUT2D eigenvalue weighted by atomic mass is 19.4. The van der Waals surface area contributed by atoms with Crippen LogP contribution in [0.15, 0.2) is 18.2 Å². The molecule has 3 rings (SSSR count). The van der Waals surface area contributed by atoms with Crippen molar-refractivity contribution in [3.05, 3.63) is 23.8 Å². The SMILES string of the molecule is CN1CCCC2CC(NC(=O)C(=N)c3cc(OC(F)(F)F)ccc3N)CC21. The maximum absolute atomic E-state index is 12.5. The first-order chi connectivity index (χ1) is 12.6. The number of benzene rings is 1. The first-order valence-corrected chi connectivity index (χ1v) is 8.89. The fraction of sp³-hybridized carbons (Fsp3) is 0.556. The van der Waals surface area contributed by atoms with Crippen LogP contribution in [-0.2, 0) is 4.79 Å². The number of nitrogens with zero attached hydrogens (tertiary/aromatic N) is 1. The van der Waals surface area contributed by atoms with Gasteiger partial charge in [-0.25, -0.2) is 0 Å². The van der Waals surface area contributed by atoms with Crippen LogP contribution in [0.25, 0.3) is 0 Å². The number of likely N-dealkylation sites (tertiary alicyclic amines) is 1. The molecule has 1 aliphatic heterocycles. The van der Waals surface area contributed by atoms with E-state index in [-0.39, 0.29) is 17.3 Å². The summed E-state index contributed by atoms with van der Waals surface area (Å²) in [6.07, 6.45) is -0.934. The Balaban J connectivity index is 1.67. The predicted octanol–water partition coefficient (Wildman–Crippen LogP) is 2.52. The van der Waals surface area contributed by atoms with E-state index in [0.717, 1.165) is 44.4 Å². The van der Waals surface area contributed by atoms with Gasteiger partial charge < -0.3 is 20.7 Å². The van der Waals surface area contributed by atoms with Crippen molar-refractivity contribution < 1.29 is 22.7 Å². The molecule has 1 saturated heterocycles. The number of nitrogen functional groups attached to an aromatic ring is 1. The number of carbonyl (C=O) groups excluding carboxylic acids is 1. The second kappa shape index (κ2) is 7.38. The Bertz CT molecular complexity index is 738. The van der Waals surface area contributed by atoms with E-state index in [1.807, 2.05) is 0 Å². The Morgan fingerprint density at radius 2 is 2.11 bits per heavy atom. The highest BCUT2D eigenvalue weighted by Gasteiger charge is 2.39. The summed E-state index contributed by atoms with van der Waals surface area (Å²) in [5.41, 5.74) is 5.24. The van der Waals surface area contributed by atoms with Crippen molar-refractivity contribution in [3.8, 4) is 5.75 Å². The maximum Gasteiger partial charge on any atom is 0.573 e. The molecular formula is C18H23F3N4O2. The van der Waals surface area contributed by atoms with Crippen molar-refractivity contribution in [2.24, 2.45) is 5.92 Å². The van der Waals surface area contributed by atoms with E-state index in [2.05, 4.69) is 22.0 Å². The lowest BCUT2D eigenvalue weighted by molar-refractivity contribution is -0.274. The van der Waals surface area contributed by atoms with Crippen molar-refractivity contribution in [2.75, 3.05) is 19.3 Å². The number of ether oxygens (including phenoxy) is 1. The molecule has 2 aliphatic rings. The molecule has 1 aromatic carbocycles. The van der Waals surface area contributed by atoms with Crippen LogP contribution in [0, 0.1) is 11.3 Å². The van der Waals surface area contributed by atoms with Crippen molar-refractivity contribution >= 4 is 17.3 Å². The topological polar surface area (TPSA) is 91.4 Å². The number of piperidine rings is 1. The summed E-state index contributed by atoms with van der Waals surface area (Å²) in [5.74, 6) is -0.633. The molecule has 0 spiro atoms. The van der Waals surface area contributed by atoms with Crippen LogP contribution in [-0.4, -0.2) is 48.6 Å². The van der Waals surface area contributed by atoms with E-state index in [4.69, 9.17) is 11.1 Å². The molecule has 0 radical (unpaired) electrons. The first kappa shape index (κ1) is 19.5. The molecule has 148 valence electrons. The van der Waals surface area contributed by atoms with Gasteiger partial charge in [-0.3, -0.25) is 10.2 Å². The first-order valence-electron chi connectivity index (χ1n) is 8.89. The van der Waals surface area contributed by atoms with E-state index < -0.39 is 23.7 Å². The number of carbonyl (C=O) groups is 1. The smallest absolute Gasteiger partial charge is 0.406 e. The predicted molar refractivity (Wildman–Crippen MR) is 94.7 cm³/mol. The molecule has 1 aromatic rings. The standard InChI is InChI=1S/C18H23F3N4O2/c1-25-6-2-3-10-7-11(8-15(10)25)24-17(26)16(23)13-9-12(4-5-14(13)22)27-18(19,20)21/h4-5,9-11,15,23H,2-3,6-8,22H2,1H3,(H,24,26). The Morgan fingerprint density at radius 3 is 2.78 bits per heavy atom. The number of nitrogens with one attached hydrogen (secondary N) is 2. The third-order valence-corrected chi connectivity index (χ3v) is 5.40. The minimum atomic E-state index is -4.86. The number of hydrogen-bond donors (Lipinski definition) is 3. The maximum atomic E-state index is 12.5. The molecule has 9 heteroatoms. The number of anilines is 1. The highest BCUT2D eigenvalue weighted by molar-refractivity contribution is 6.45. The van der Waals surface area contributed by atoms with Crippen LogP contribution < -0.4 is 15.8 Å². The quantitative estimate of drug-likeness (QED) is 0.550. The second-order valence-electron chi connectivity index (χ2n) is 7.26. The Hall–Kier alpha value is -2.29. The average molecular weight is 384 g/mol. The van der Waals surface area contributed by atoms with Gasteiger partial charge in [-0.15, -0.1) is 13.2 Å². The summed E-state index contributed by atoms with van der Waals surface area (Å²) < 4.78 is 41.0. The summed E-state index contributed by atoms with van der Waals surface area (Å²) in [6.45, 7) is 1.04. The van der Waals surface area contributed by atoms with Crippen LogP contribution in [0.3, 0.4) is 0 Å². The molecular weight excluding hydrogens is 361 g/mol. The van der Waals surface area contributed by atoms with E-state index in [1.54, 1.807) is 0 Å². The number of nitrogens with two attached hydrogens (primary N) is 1. The molecule has 6 nitrogen and oxygen atoms in total. The summed E-state index contributed by atoms with van der Waals surface area (Å²) in [7, 11) is 2.08. The zero-order valence-electron chi connectivity index (χ0n) is 15.0. The van der Waals surface area contributed by atoms with Gasteiger partial charge in [-0.05, 0) is 63.4 Å². The van der Waals surface area contributed by atoms with Gasteiger partial charge in [0.1, 0.15) is 11.5 Å². The largest absolute Gasteiger partial charge is 0.573 e. The van der Waals surface area contributed by atoms with Crippen molar-refractivity contribution in [1.82, 2.24) is 10.2 Å². The van der Waals surface area contributed by atoms with Crippen LogP contribution in [0.5, 0.6) is 5.75 Å². The third kappa shape index (κ3) is 4.52. The summed E-state index contributed by atoms with van der Waals surface area (Å²) >= 11 is 0. The van der Waals surface area contributed by atoms with Gasteiger partial charge in [-0.1, -0.05) is 0 Å².